The molecule has 0 fully saturated rings. The van der Waals surface area contributed by atoms with E-state index in [0.29, 0.717) is 24.3 Å². The number of carboxylic acids is 1. The van der Waals surface area contributed by atoms with E-state index in [0.717, 1.165) is 5.56 Å². The molecule has 1 aromatic rings. The van der Waals surface area contributed by atoms with Crippen LogP contribution in [0.3, 0.4) is 0 Å². The Morgan fingerprint density at radius 2 is 1.47 bits per heavy atom. The van der Waals surface area contributed by atoms with Crippen LogP contribution in [-0.2, 0) is 25.6 Å². The van der Waals surface area contributed by atoms with E-state index in [1.54, 1.807) is 0 Å². The summed E-state index contributed by atoms with van der Waals surface area (Å²) in [4.78, 5) is 47.9. The number of amides is 3. The Bertz CT molecular complexity index is 690. The van der Waals surface area contributed by atoms with Crippen molar-refractivity contribution in [2.45, 2.75) is 37.4 Å². The summed E-state index contributed by atoms with van der Waals surface area (Å²) < 4.78 is 0. The smallest absolute Gasteiger partial charge is 0.326 e. The topological polar surface area (TPSA) is 125 Å². The molecule has 0 aromatic heterocycles. The summed E-state index contributed by atoms with van der Waals surface area (Å²) in [6.45, 7) is 0. The normalized spacial score (nSPS) is 13.5. The first-order valence-corrected chi connectivity index (χ1v) is 12.3. The molecule has 4 N–H and O–H groups in total. The van der Waals surface area contributed by atoms with Crippen molar-refractivity contribution in [1.29, 1.82) is 0 Å². The zero-order chi connectivity index (χ0) is 22.4. The van der Waals surface area contributed by atoms with E-state index in [1.807, 2.05) is 42.8 Å². The van der Waals surface area contributed by atoms with E-state index >= 15 is 0 Å². The van der Waals surface area contributed by atoms with Gasteiger partial charge in [-0.1, -0.05) is 30.3 Å². The Labute approximate surface area is 185 Å². The minimum Gasteiger partial charge on any atom is -0.480 e. The van der Waals surface area contributed by atoms with Gasteiger partial charge in [0.25, 0.3) is 0 Å². The highest BCUT2D eigenvalue weighted by Gasteiger charge is 2.28. The van der Waals surface area contributed by atoms with Gasteiger partial charge in [-0.05, 0) is 42.4 Å². The molecule has 1 aromatic carbocycles. The van der Waals surface area contributed by atoms with E-state index in [9.17, 15) is 24.3 Å². The van der Waals surface area contributed by atoms with Crippen LogP contribution in [0.2, 0.25) is 0 Å². The van der Waals surface area contributed by atoms with E-state index in [2.05, 4.69) is 16.0 Å². The third kappa shape index (κ3) is 9.53. The van der Waals surface area contributed by atoms with E-state index in [4.69, 9.17) is 0 Å². The maximum atomic E-state index is 12.9. The van der Waals surface area contributed by atoms with Gasteiger partial charge < -0.3 is 21.1 Å². The van der Waals surface area contributed by atoms with Gasteiger partial charge in [-0.3, -0.25) is 14.4 Å². The molecule has 166 valence electrons. The molecule has 0 saturated heterocycles. The lowest BCUT2D eigenvalue weighted by Crippen LogP contribution is -2.56. The molecule has 3 atom stereocenters. The number of carboxylic acid groups (broad SMARTS) is 1. The number of carbonyl (C=O) groups is 4. The van der Waals surface area contributed by atoms with Crippen molar-refractivity contribution in [3.8, 4) is 0 Å². The predicted octanol–water partition coefficient (Wildman–Crippen LogP) is 0.904. The van der Waals surface area contributed by atoms with Gasteiger partial charge in [0.2, 0.25) is 18.2 Å². The van der Waals surface area contributed by atoms with Crippen LogP contribution in [0.4, 0.5) is 0 Å². The largest absolute Gasteiger partial charge is 0.480 e. The molecule has 1 rings (SSSR count). The lowest BCUT2D eigenvalue weighted by atomic mass is 10.0. The zero-order valence-corrected chi connectivity index (χ0v) is 18.8. The first kappa shape index (κ1) is 25.8. The Kier molecular flexibility index (Phi) is 12.7. The number of hydrogen-bond donors (Lipinski definition) is 4. The number of nitrogens with one attached hydrogen (secondary N) is 3. The fourth-order valence-corrected chi connectivity index (χ4v) is 3.65. The molecule has 0 saturated carbocycles. The Morgan fingerprint density at radius 1 is 0.933 bits per heavy atom. The molecule has 8 nitrogen and oxygen atoms in total. The molecule has 0 aliphatic carbocycles. The van der Waals surface area contributed by atoms with Gasteiger partial charge in [-0.25, -0.2) is 4.79 Å². The summed E-state index contributed by atoms with van der Waals surface area (Å²) in [6, 6.07) is 6.34. The van der Waals surface area contributed by atoms with Gasteiger partial charge in [0.05, 0.1) is 0 Å². The third-order valence-corrected chi connectivity index (χ3v) is 5.63. The summed E-state index contributed by atoms with van der Waals surface area (Å²) in [5, 5.41) is 17.1. The first-order valence-electron chi connectivity index (χ1n) is 9.48. The standard InChI is InChI=1S/C20H29N3O5S2/c1-29-10-8-15(21-13-24)18(25)23-17(12-14-6-4-3-5-7-14)19(26)22-16(20(27)28)9-11-30-2/h3-7,13,15-17H,8-12H2,1-2H3,(H,21,24)(H,22,26)(H,23,25)(H,27,28)/t15-,16-,17-/m0/s1. The van der Waals surface area contributed by atoms with E-state index in [-0.39, 0.29) is 12.8 Å². The van der Waals surface area contributed by atoms with Crippen LogP contribution in [0.15, 0.2) is 30.3 Å². The summed E-state index contributed by atoms with van der Waals surface area (Å²) >= 11 is 3.02. The van der Waals surface area contributed by atoms with Crippen molar-refractivity contribution < 1.29 is 24.3 Å². The molecule has 0 unspecified atom stereocenters. The molecule has 30 heavy (non-hydrogen) atoms. The van der Waals surface area contributed by atoms with E-state index < -0.39 is 35.9 Å². The summed E-state index contributed by atoms with van der Waals surface area (Å²) in [6.07, 6.45) is 5.09. The molecule has 10 heteroatoms. The van der Waals surface area contributed by atoms with Crippen LogP contribution in [0, 0.1) is 0 Å². The average molecular weight is 456 g/mol. The lowest BCUT2D eigenvalue weighted by molar-refractivity contribution is -0.142. The number of aliphatic carboxylic acids is 1. The Hall–Kier alpha value is -2.20. The van der Waals surface area contributed by atoms with Gasteiger partial charge in [0.1, 0.15) is 18.1 Å². The molecule has 0 spiro atoms. The van der Waals surface area contributed by atoms with Crippen LogP contribution in [0.5, 0.6) is 0 Å². The number of rotatable bonds is 15. The summed E-state index contributed by atoms with van der Waals surface area (Å²) in [5.41, 5.74) is 0.818. The molecular formula is C20H29N3O5S2. The fraction of sp³-hybridized carbons (Fsp3) is 0.500. The van der Waals surface area contributed by atoms with Crippen molar-refractivity contribution in [3.05, 3.63) is 35.9 Å². The quantitative estimate of drug-likeness (QED) is 0.290. The van der Waals surface area contributed by atoms with Crippen LogP contribution in [-0.4, -0.2) is 71.4 Å². The highest BCUT2D eigenvalue weighted by molar-refractivity contribution is 7.98. The van der Waals surface area contributed by atoms with Gasteiger partial charge in [0, 0.05) is 6.42 Å². The van der Waals surface area contributed by atoms with Crippen molar-refractivity contribution in [2.75, 3.05) is 24.0 Å². The second-order valence-electron chi connectivity index (χ2n) is 6.55. The van der Waals surface area contributed by atoms with Crippen molar-refractivity contribution >= 4 is 47.7 Å². The van der Waals surface area contributed by atoms with E-state index in [1.165, 1.54) is 23.5 Å². The fourth-order valence-electron chi connectivity index (χ4n) is 2.70. The third-order valence-electron chi connectivity index (χ3n) is 4.34. The molecular weight excluding hydrogens is 426 g/mol. The van der Waals surface area contributed by atoms with Gasteiger partial charge in [-0.2, -0.15) is 23.5 Å². The SMILES string of the molecule is CSCC[C@H](NC(=O)[C@H](Cc1ccccc1)NC(=O)[C@H](CCSC)NC=O)C(=O)O. The second kappa shape index (κ2) is 14.7. The molecule has 0 bridgehead atoms. The molecule has 0 radical (unpaired) electrons. The molecule has 3 amide bonds. The van der Waals surface area contributed by atoms with Gasteiger partial charge >= 0.3 is 5.97 Å². The monoisotopic (exact) mass is 455 g/mol. The highest BCUT2D eigenvalue weighted by atomic mass is 32.2. The number of hydrogen-bond acceptors (Lipinski definition) is 6. The highest BCUT2D eigenvalue weighted by Crippen LogP contribution is 2.07. The number of benzene rings is 1. The van der Waals surface area contributed by atoms with Crippen molar-refractivity contribution in [2.24, 2.45) is 0 Å². The molecule has 0 heterocycles. The molecule has 0 aliphatic rings. The summed E-state index contributed by atoms with van der Waals surface area (Å²) in [5.74, 6) is -0.946. The van der Waals surface area contributed by atoms with Crippen LogP contribution in [0.25, 0.3) is 0 Å². The van der Waals surface area contributed by atoms with Crippen molar-refractivity contribution in [3.63, 3.8) is 0 Å². The Morgan fingerprint density at radius 3 is 2.00 bits per heavy atom. The van der Waals surface area contributed by atoms with Crippen LogP contribution in [0.1, 0.15) is 18.4 Å². The lowest BCUT2D eigenvalue weighted by Gasteiger charge is -2.24. The van der Waals surface area contributed by atoms with Gasteiger partial charge in [0.15, 0.2) is 0 Å². The number of thioether (sulfide) groups is 2. The minimum absolute atomic E-state index is 0.198. The second-order valence-corrected chi connectivity index (χ2v) is 8.52. The van der Waals surface area contributed by atoms with Crippen LogP contribution < -0.4 is 16.0 Å². The summed E-state index contributed by atoms with van der Waals surface area (Å²) in [7, 11) is 0. The molecule has 0 aliphatic heterocycles. The number of carbonyl (C=O) groups excluding carboxylic acids is 3. The average Bonchev–Trinajstić information content (AvgIpc) is 2.73. The van der Waals surface area contributed by atoms with Gasteiger partial charge in [-0.15, -0.1) is 0 Å². The van der Waals surface area contributed by atoms with Crippen molar-refractivity contribution in [1.82, 2.24) is 16.0 Å². The Balaban J connectivity index is 2.96. The predicted molar refractivity (Wildman–Crippen MR) is 121 cm³/mol. The zero-order valence-electron chi connectivity index (χ0n) is 17.1. The van der Waals surface area contributed by atoms with Crippen LogP contribution >= 0.6 is 23.5 Å². The minimum atomic E-state index is -1.12. The maximum Gasteiger partial charge on any atom is 0.326 e. The first-order chi connectivity index (χ1) is 14.4. The maximum absolute atomic E-state index is 12.9.